The van der Waals surface area contributed by atoms with Crippen molar-refractivity contribution in [3.05, 3.63) is 145 Å². The predicted octanol–water partition coefficient (Wildman–Crippen LogP) is 4.40. The van der Waals surface area contributed by atoms with Gasteiger partial charge in [0.2, 0.25) is 0 Å². The van der Waals surface area contributed by atoms with Crippen LogP contribution in [-0.4, -0.2) is 16.4 Å². The summed E-state index contributed by atoms with van der Waals surface area (Å²) < 4.78 is 15.9. The number of benzene rings is 3. The molecule has 0 radical (unpaired) electrons. The minimum Gasteiger partial charge on any atom is -1.00 e. The van der Waals surface area contributed by atoms with Crippen molar-refractivity contribution in [1.82, 2.24) is 0 Å². The molecule has 246 valence electrons. The third-order valence-electron chi connectivity index (χ3n) is 10.8. The predicted molar refractivity (Wildman–Crippen MR) is 187 cm³/mol. The summed E-state index contributed by atoms with van der Waals surface area (Å²) in [6.45, 7) is 5.50. The van der Waals surface area contributed by atoms with Gasteiger partial charge in [-0.1, -0.05) is 0 Å². The zero-order chi connectivity index (χ0) is 31.0. The molecule has 3 unspecified atom stereocenters. The van der Waals surface area contributed by atoms with Crippen LogP contribution in [0, 0.1) is 11.8 Å². The van der Waals surface area contributed by atoms with Crippen molar-refractivity contribution in [2.45, 2.75) is 62.4 Å². The van der Waals surface area contributed by atoms with Crippen LogP contribution in [0.3, 0.4) is 0 Å². The van der Waals surface area contributed by atoms with E-state index in [9.17, 15) is 0 Å². The standard InChI is InChI=1S/C21H21.C17H18O2.C5H5.2ClH.Zr/c1-2-8-15-14(7-1)13-20-18-11-4-3-9-16(18)17-10-5-6-12-19(17)21(15)20;1-3-18-16-9-5-14(6-10-16)13-15-7-11-17(12-8-15)19-4-2;1-2-4-5-3-1;;;/h1-2,6-8,11-12,16-17H,3-5,9-10,13H2;5-12H,3-4H2,1-2H3;1-3H,4H2;2*1H;/q;;;;;+2/p-2. The van der Waals surface area contributed by atoms with Crippen molar-refractivity contribution >= 4 is 8.78 Å². The van der Waals surface area contributed by atoms with Gasteiger partial charge in [0.1, 0.15) is 0 Å². The van der Waals surface area contributed by atoms with Crippen molar-refractivity contribution < 1.29 is 55.6 Å². The molecule has 0 saturated heterocycles. The molecule has 2 nitrogen and oxygen atoms in total. The number of fused-ring (bicyclic) bond motifs is 6. The Morgan fingerprint density at radius 1 is 0.771 bits per heavy atom. The summed E-state index contributed by atoms with van der Waals surface area (Å²) in [7, 11) is 0. The minimum absolute atomic E-state index is 0. The second-order valence-electron chi connectivity index (χ2n) is 13.3. The molecule has 3 aromatic carbocycles. The summed E-state index contributed by atoms with van der Waals surface area (Å²) in [6, 6.07) is 27.5. The summed E-state index contributed by atoms with van der Waals surface area (Å²) in [4.78, 5) is 0. The van der Waals surface area contributed by atoms with Gasteiger partial charge < -0.3 is 24.8 Å². The van der Waals surface area contributed by atoms with E-state index in [1.54, 1.807) is 23.2 Å². The summed E-state index contributed by atoms with van der Waals surface area (Å²) in [5.74, 6) is 3.25. The van der Waals surface area contributed by atoms with Gasteiger partial charge in [0.15, 0.2) is 0 Å². The first-order valence-electron chi connectivity index (χ1n) is 17.5. The van der Waals surface area contributed by atoms with E-state index < -0.39 is 21.3 Å². The zero-order valence-corrected chi connectivity index (χ0v) is 32.0. The Morgan fingerprint density at radius 2 is 1.46 bits per heavy atom. The Kier molecular flexibility index (Phi) is 11.3. The van der Waals surface area contributed by atoms with Crippen molar-refractivity contribution in [3.8, 4) is 11.5 Å². The van der Waals surface area contributed by atoms with E-state index >= 15 is 0 Å². The summed E-state index contributed by atoms with van der Waals surface area (Å²) in [5, 5.41) is 0. The molecule has 5 aliphatic carbocycles. The van der Waals surface area contributed by atoms with Crippen molar-refractivity contribution in [2.24, 2.45) is 11.8 Å². The Morgan fingerprint density at radius 3 is 2.10 bits per heavy atom. The maximum Gasteiger partial charge on any atom is -1.00 e. The number of allylic oxidation sites excluding steroid dienone is 10. The molecule has 1 saturated carbocycles. The molecular formula is C43H44Cl2O2Zr. The summed E-state index contributed by atoms with van der Waals surface area (Å²) in [5.41, 5.74) is 12.6. The van der Waals surface area contributed by atoms with Gasteiger partial charge in [-0.05, 0) is 0 Å². The molecule has 48 heavy (non-hydrogen) atoms. The van der Waals surface area contributed by atoms with E-state index in [2.05, 4.69) is 117 Å². The van der Waals surface area contributed by atoms with E-state index in [1.165, 1.54) is 54.4 Å². The third kappa shape index (κ3) is 6.37. The molecule has 1 fully saturated rings. The van der Waals surface area contributed by atoms with Crippen LogP contribution >= 0.6 is 0 Å². The number of ether oxygens (including phenoxy) is 2. The minimum atomic E-state index is -2.61. The Labute approximate surface area is 306 Å². The molecule has 0 aromatic heterocycles. The average Bonchev–Trinajstić information content (AvgIpc) is 3.77. The van der Waals surface area contributed by atoms with Gasteiger partial charge in [0.05, 0.1) is 0 Å². The topological polar surface area (TPSA) is 18.5 Å². The molecule has 0 N–H and O–H groups in total. The summed E-state index contributed by atoms with van der Waals surface area (Å²) >= 11 is -2.61. The molecule has 0 heterocycles. The van der Waals surface area contributed by atoms with Crippen LogP contribution in [0.2, 0.25) is 3.63 Å². The molecule has 0 bridgehead atoms. The Balaban J connectivity index is 0.00000201. The fourth-order valence-corrected chi connectivity index (χ4v) is 18.6. The monoisotopic (exact) mass is 752 g/mol. The maximum absolute atomic E-state index is 5.92. The molecule has 0 amide bonds. The van der Waals surface area contributed by atoms with E-state index in [0.29, 0.717) is 28.7 Å². The molecule has 0 aliphatic heterocycles. The SMILES string of the molecule is CCOc1ccc([C](c2ccc(OCC)cc2)=[Zr+2]([C]2=CC=CC2)[CH]2CCCC3C2=C2Cc4ccccc4C2=C2C=CCCC23)cc1.[Cl-].[Cl-]. The van der Waals surface area contributed by atoms with Gasteiger partial charge in [-0.15, -0.1) is 0 Å². The van der Waals surface area contributed by atoms with Crippen LogP contribution in [0.15, 0.2) is 123 Å². The fourth-order valence-electron chi connectivity index (χ4n) is 9.10. The van der Waals surface area contributed by atoms with E-state index in [-0.39, 0.29) is 24.8 Å². The van der Waals surface area contributed by atoms with Crippen LogP contribution < -0.4 is 34.3 Å². The molecule has 8 rings (SSSR count). The van der Waals surface area contributed by atoms with Crippen molar-refractivity contribution in [1.29, 1.82) is 0 Å². The first kappa shape index (κ1) is 35.1. The second-order valence-corrected chi connectivity index (χ2v) is 19.9. The van der Waals surface area contributed by atoms with E-state index in [1.807, 2.05) is 5.57 Å². The Hall–Kier alpha value is -2.71. The van der Waals surface area contributed by atoms with Crippen LogP contribution in [-0.2, 0) is 27.7 Å². The normalized spacial score (nSPS) is 21.4. The van der Waals surface area contributed by atoms with Crippen LogP contribution in [0.5, 0.6) is 11.5 Å². The zero-order valence-electron chi connectivity index (χ0n) is 28.0. The van der Waals surface area contributed by atoms with Crippen LogP contribution in [0.1, 0.15) is 74.6 Å². The van der Waals surface area contributed by atoms with E-state index in [0.717, 1.165) is 24.3 Å². The number of rotatable bonds is 8. The first-order valence-corrected chi connectivity index (χ1v) is 21.4. The third-order valence-corrected chi connectivity index (χ3v) is 19.4. The Bertz CT molecular complexity index is 1790. The largest absolute Gasteiger partial charge is 1.00 e. The smallest absolute Gasteiger partial charge is 1.00 e. The number of hydrogen-bond donors (Lipinski definition) is 0. The van der Waals surface area contributed by atoms with Gasteiger partial charge in [-0.2, -0.15) is 0 Å². The van der Waals surface area contributed by atoms with Gasteiger partial charge in [-0.3, -0.25) is 0 Å². The van der Waals surface area contributed by atoms with Gasteiger partial charge >= 0.3 is 284 Å². The van der Waals surface area contributed by atoms with Gasteiger partial charge in [-0.25, -0.2) is 0 Å². The quantitative estimate of drug-likeness (QED) is 0.340. The van der Waals surface area contributed by atoms with Gasteiger partial charge in [0.25, 0.3) is 0 Å². The fraction of sp³-hybridized carbons (Fsp3) is 0.326. The molecule has 3 atom stereocenters. The first-order chi connectivity index (χ1) is 22.7. The second kappa shape index (κ2) is 15.5. The van der Waals surface area contributed by atoms with Gasteiger partial charge in [0, 0.05) is 0 Å². The van der Waals surface area contributed by atoms with Crippen molar-refractivity contribution in [3.63, 3.8) is 0 Å². The van der Waals surface area contributed by atoms with Crippen LogP contribution in [0.4, 0.5) is 0 Å². The molecule has 3 aromatic rings. The van der Waals surface area contributed by atoms with Crippen molar-refractivity contribution in [2.75, 3.05) is 13.2 Å². The van der Waals surface area contributed by atoms with E-state index in [4.69, 9.17) is 9.47 Å². The average molecular weight is 755 g/mol. The molecule has 5 heteroatoms. The molecule has 5 aliphatic rings. The summed E-state index contributed by atoms with van der Waals surface area (Å²) in [6.07, 6.45) is 21.0. The molecular weight excluding hydrogens is 711 g/mol. The maximum atomic E-state index is 5.92. The number of hydrogen-bond acceptors (Lipinski definition) is 2. The molecule has 0 spiro atoms. The van der Waals surface area contributed by atoms with Crippen LogP contribution in [0.25, 0.3) is 5.57 Å². The number of halogens is 2.